The number of carbonyl (C=O) groups is 2. The second-order valence-corrected chi connectivity index (χ2v) is 5.60. The first-order valence-corrected chi connectivity index (χ1v) is 8.16. The Morgan fingerprint density at radius 1 is 1.03 bits per heavy atom. The van der Waals surface area contributed by atoms with Crippen molar-refractivity contribution in [1.29, 1.82) is 0 Å². The van der Waals surface area contributed by atoms with E-state index in [2.05, 4.69) is 4.84 Å². The number of nitrogens with two attached hydrogens (primary N) is 1. The van der Waals surface area contributed by atoms with Crippen molar-refractivity contribution >= 4 is 17.6 Å². The van der Waals surface area contributed by atoms with Gasteiger partial charge in [0.25, 0.3) is 5.91 Å². The van der Waals surface area contributed by atoms with Crippen LogP contribution in [0, 0.1) is 0 Å². The summed E-state index contributed by atoms with van der Waals surface area (Å²) in [6, 6.07) is 12.3. The molecule has 0 aromatic heterocycles. The van der Waals surface area contributed by atoms with Gasteiger partial charge >= 0.3 is 12.1 Å². The summed E-state index contributed by atoms with van der Waals surface area (Å²) in [7, 11) is 0. The predicted octanol–water partition coefficient (Wildman–Crippen LogP) is 3.54. The Kier molecular flexibility index (Phi) is 7.32. The maximum atomic E-state index is 12.6. The van der Waals surface area contributed by atoms with E-state index in [1.807, 2.05) is 0 Å². The van der Waals surface area contributed by atoms with E-state index < -0.39 is 18.1 Å². The van der Waals surface area contributed by atoms with Gasteiger partial charge in [0.1, 0.15) is 12.4 Å². The van der Waals surface area contributed by atoms with Gasteiger partial charge in [-0.2, -0.15) is 13.2 Å². The minimum atomic E-state index is -5.28. The molecule has 0 saturated heterocycles. The third-order valence-corrected chi connectivity index (χ3v) is 3.52. The van der Waals surface area contributed by atoms with E-state index in [1.165, 1.54) is 48.5 Å². The average Bonchev–Trinajstić information content (AvgIpc) is 2.72. The first kappa shape index (κ1) is 21.9. The van der Waals surface area contributed by atoms with Gasteiger partial charge in [0.05, 0.1) is 12.0 Å². The quantitative estimate of drug-likeness (QED) is 0.580. The zero-order chi connectivity index (χ0) is 21.4. The molecule has 0 heterocycles. The van der Waals surface area contributed by atoms with Gasteiger partial charge in [0.2, 0.25) is 0 Å². The van der Waals surface area contributed by atoms with Crippen molar-refractivity contribution in [3.05, 3.63) is 72.1 Å². The minimum Gasteiger partial charge on any atom is -0.489 e. The minimum absolute atomic E-state index is 0.0380. The first-order valence-electron chi connectivity index (χ1n) is 8.16. The van der Waals surface area contributed by atoms with E-state index in [0.717, 1.165) is 0 Å². The standard InChI is InChI=1S/C19H16F4N2O4/c20-10-13(11-24)12-28-16-8-6-14(7-9-16)17(26)25(15-4-2-1-3-5-15)29-18(27)19(21,22)23/h1-10H,11-12,24H2/b13-10+. The Balaban J connectivity index is 2.21. The molecule has 0 aliphatic rings. The number of alkyl halides is 3. The number of benzene rings is 2. The summed E-state index contributed by atoms with van der Waals surface area (Å²) in [5, 5.41) is 0.254. The smallest absolute Gasteiger partial charge is 0.489 e. The van der Waals surface area contributed by atoms with Crippen molar-refractivity contribution in [1.82, 2.24) is 0 Å². The molecule has 154 valence electrons. The zero-order valence-electron chi connectivity index (χ0n) is 14.9. The molecule has 0 aliphatic heterocycles. The maximum absolute atomic E-state index is 12.6. The lowest BCUT2D eigenvalue weighted by atomic mass is 10.2. The highest BCUT2D eigenvalue weighted by Crippen LogP contribution is 2.23. The van der Waals surface area contributed by atoms with Crippen LogP contribution in [0.25, 0.3) is 0 Å². The van der Waals surface area contributed by atoms with E-state index in [1.54, 1.807) is 6.07 Å². The van der Waals surface area contributed by atoms with Gasteiger partial charge in [0, 0.05) is 17.7 Å². The van der Waals surface area contributed by atoms with Gasteiger partial charge < -0.3 is 15.3 Å². The molecular weight excluding hydrogens is 396 g/mol. The van der Waals surface area contributed by atoms with E-state index in [9.17, 15) is 27.2 Å². The van der Waals surface area contributed by atoms with Crippen LogP contribution in [0.5, 0.6) is 5.75 Å². The number of rotatable bonds is 6. The van der Waals surface area contributed by atoms with Crippen LogP contribution in [0.1, 0.15) is 10.4 Å². The summed E-state index contributed by atoms with van der Waals surface area (Å²) in [5.41, 5.74) is 5.37. The monoisotopic (exact) mass is 412 g/mol. The van der Waals surface area contributed by atoms with Crippen LogP contribution in [0.15, 0.2) is 66.5 Å². The molecule has 0 aliphatic carbocycles. The third kappa shape index (κ3) is 6.04. The largest absolute Gasteiger partial charge is 0.493 e. The van der Waals surface area contributed by atoms with Crippen LogP contribution in [0.4, 0.5) is 23.2 Å². The molecule has 0 atom stereocenters. The highest BCUT2D eigenvalue weighted by molar-refractivity contribution is 6.05. The number of para-hydroxylation sites is 1. The summed E-state index contributed by atoms with van der Waals surface area (Å²) in [6.07, 6.45) is -4.96. The van der Waals surface area contributed by atoms with Crippen LogP contribution in [0.3, 0.4) is 0 Å². The van der Waals surface area contributed by atoms with Gasteiger partial charge in [-0.15, -0.1) is 5.06 Å². The van der Waals surface area contributed by atoms with Crippen LogP contribution < -0.4 is 15.5 Å². The summed E-state index contributed by atoms with van der Waals surface area (Å²) < 4.78 is 55.5. The maximum Gasteiger partial charge on any atom is 0.493 e. The van der Waals surface area contributed by atoms with Crippen molar-refractivity contribution in [2.75, 3.05) is 18.2 Å². The fourth-order valence-corrected chi connectivity index (χ4v) is 2.03. The van der Waals surface area contributed by atoms with Gasteiger partial charge in [-0.3, -0.25) is 4.79 Å². The molecule has 6 nitrogen and oxygen atoms in total. The van der Waals surface area contributed by atoms with Gasteiger partial charge in [-0.25, -0.2) is 9.18 Å². The molecule has 0 fully saturated rings. The van der Waals surface area contributed by atoms with E-state index in [4.69, 9.17) is 10.5 Å². The number of ether oxygens (including phenoxy) is 1. The number of anilines is 1. The molecule has 0 unspecified atom stereocenters. The lowest BCUT2D eigenvalue weighted by Gasteiger charge is -2.21. The topological polar surface area (TPSA) is 81.9 Å². The second-order valence-electron chi connectivity index (χ2n) is 5.60. The predicted molar refractivity (Wildman–Crippen MR) is 95.6 cm³/mol. The van der Waals surface area contributed by atoms with Crippen molar-refractivity contribution in [2.45, 2.75) is 6.18 Å². The van der Waals surface area contributed by atoms with Gasteiger partial charge in [0.15, 0.2) is 0 Å². The molecule has 1 amide bonds. The molecular formula is C19H16F4N2O4. The van der Waals surface area contributed by atoms with Crippen LogP contribution >= 0.6 is 0 Å². The Bertz CT molecular complexity index is 868. The van der Waals surface area contributed by atoms with Crippen LogP contribution in [-0.2, 0) is 9.63 Å². The number of amides is 1. The highest BCUT2D eigenvalue weighted by atomic mass is 19.4. The van der Waals surface area contributed by atoms with Gasteiger partial charge in [-0.1, -0.05) is 18.2 Å². The van der Waals surface area contributed by atoms with Crippen molar-refractivity contribution in [3.63, 3.8) is 0 Å². The lowest BCUT2D eigenvalue weighted by Crippen LogP contribution is -2.38. The number of hydrogen-bond donors (Lipinski definition) is 1. The molecule has 2 aromatic rings. The van der Waals surface area contributed by atoms with Crippen molar-refractivity contribution in [3.8, 4) is 5.75 Å². The lowest BCUT2D eigenvalue weighted by molar-refractivity contribution is -0.199. The van der Waals surface area contributed by atoms with Crippen LogP contribution in [-0.4, -0.2) is 31.2 Å². The molecule has 2 aromatic carbocycles. The summed E-state index contributed by atoms with van der Waals surface area (Å²) in [5.74, 6) is -3.28. The number of nitrogens with zero attached hydrogens (tertiary/aromatic N) is 1. The Morgan fingerprint density at radius 2 is 1.66 bits per heavy atom. The van der Waals surface area contributed by atoms with E-state index >= 15 is 0 Å². The molecule has 10 heteroatoms. The Morgan fingerprint density at radius 3 is 2.17 bits per heavy atom. The Hall–Kier alpha value is -3.40. The fourth-order valence-electron chi connectivity index (χ4n) is 2.03. The fraction of sp³-hybridized carbons (Fsp3) is 0.158. The molecule has 2 rings (SSSR count). The SMILES string of the molecule is NC/C(=C\F)COc1ccc(C(=O)N(OC(=O)C(F)(F)F)c2ccccc2)cc1. The summed E-state index contributed by atoms with van der Waals surface area (Å²) in [6.45, 7) is -0.149. The molecule has 0 spiro atoms. The molecule has 0 radical (unpaired) electrons. The van der Waals surface area contributed by atoms with Gasteiger partial charge in [-0.05, 0) is 36.4 Å². The average molecular weight is 412 g/mol. The van der Waals surface area contributed by atoms with E-state index in [-0.39, 0.29) is 40.8 Å². The molecule has 2 N–H and O–H groups in total. The molecule has 29 heavy (non-hydrogen) atoms. The van der Waals surface area contributed by atoms with Crippen LogP contribution in [0.2, 0.25) is 0 Å². The summed E-state index contributed by atoms with van der Waals surface area (Å²) >= 11 is 0. The van der Waals surface area contributed by atoms with Crippen molar-refractivity contribution < 1.29 is 36.7 Å². The molecule has 0 saturated carbocycles. The van der Waals surface area contributed by atoms with Crippen molar-refractivity contribution in [2.24, 2.45) is 5.73 Å². The van der Waals surface area contributed by atoms with E-state index in [0.29, 0.717) is 6.33 Å². The zero-order valence-corrected chi connectivity index (χ0v) is 14.9. The molecule has 0 bridgehead atoms. The third-order valence-electron chi connectivity index (χ3n) is 3.52. The summed E-state index contributed by atoms with van der Waals surface area (Å²) in [4.78, 5) is 28.2. The number of hydrogen-bond acceptors (Lipinski definition) is 5. The highest BCUT2D eigenvalue weighted by Gasteiger charge is 2.43. The first-order chi connectivity index (χ1) is 13.8. The Labute approximate surface area is 163 Å². The normalized spacial score (nSPS) is 11.7. The second kappa shape index (κ2) is 9.69. The number of hydroxylamine groups is 1. The number of carbonyl (C=O) groups excluding carboxylic acids is 2. The number of halogens is 4.